The molecule has 0 spiro atoms. The van der Waals surface area contributed by atoms with Gasteiger partial charge in [-0.2, -0.15) is 0 Å². The van der Waals surface area contributed by atoms with Crippen LogP contribution in [0.1, 0.15) is 0 Å². The van der Waals surface area contributed by atoms with Crippen LogP contribution in [0.2, 0.25) is 0 Å². The average molecular weight is 893 g/mol. The topological polar surface area (TPSA) is 56.7 Å². The third-order valence-corrected chi connectivity index (χ3v) is 13.8. The van der Waals surface area contributed by atoms with Crippen molar-refractivity contribution in [2.24, 2.45) is 0 Å². The molecule has 4 heterocycles. The number of aromatic nitrogens is 4. The molecule has 326 valence electrons. The SMILES string of the molecule is c1ccc(-c2cc(-c3ccc(-n4c5ccccc5c5ccccc54)cc3)nc(-c3cccc(-c4ccc(-c5nc6ccccc6c6c(-c7ccccc7)c7c(cc56)oc5ccccc57)cc4)c3)n2)cc1. The number of furan rings is 1. The first-order valence-electron chi connectivity index (χ1n) is 23.7. The molecule has 0 saturated heterocycles. The Morgan fingerprint density at radius 3 is 1.57 bits per heavy atom. The fraction of sp³-hybridized carbons (Fsp3) is 0. The van der Waals surface area contributed by atoms with E-state index in [0.717, 1.165) is 106 Å². The van der Waals surface area contributed by atoms with Crippen LogP contribution in [0.4, 0.5) is 0 Å². The summed E-state index contributed by atoms with van der Waals surface area (Å²) in [5, 5.41) is 8.03. The monoisotopic (exact) mass is 892 g/mol. The Bertz CT molecular complexity index is 4270. The standard InChI is InChI=1S/C65H40N4O/c1-3-16-42(17-4-1)55-40-56(43-34-36-48(37-35-43)69-57-27-12-8-22-49(57)50-23-9-13-28-58(50)69)68-65(67-55)47-21-15-20-46(38-47)41-30-32-45(33-31-41)64-53-39-60-63(52-25-10-14-29-59(52)70-60)61(44-18-5-2-6-19-44)62(53)51-24-7-11-26-54(51)66-64/h1-40H. The van der Waals surface area contributed by atoms with Crippen LogP contribution >= 0.6 is 0 Å². The molecule has 0 radical (unpaired) electrons. The van der Waals surface area contributed by atoms with Gasteiger partial charge >= 0.3 is 0 Å². The van der Waals surface area contributed by atoms with Gasteiger partial charge in [0.1, 0.15) is 11.2 Å². The second-order valence-electron chi connectivity index (χ2n) is 17.9. The third-order valence-electron chi connectivity index (χ3n) is 13.8. The minimum absolute atomic E-state index is 0.666. The van der Waals surface area contributed by atoms with Gasteiger partial charge in [0.2, 0.25) is 0 Å². The molecule has 0 aliphatic rings. The van der Waals surface area contributed by atoms with Gasteiger partial charge in [-0.25, -0.2) is 15.0 Å². The van der Waals surface area contributed by atoms with Crippen LogP contribution in [0.3, 0.4) is 0 Å². The Kier molecular flexibility index (Phi) is 9.14. The molecule has 0 aliphatic heterocycles. The van der Waals surface area contributed by atoms with Crippen LogP contribution in [0, 0.1) is 0 Å². The van der Waals surface area contributed by atoms with Gasteiger partial charge in [-0.15, -0.1) is 0 Å². The molecular weight excluding hydrogens is 853 g/mol. The summed E-state index contributed by atoms with van der Waals surface area (Å²) in [7, 11) is 0. The van der Waals surface area contributed by atoms with Crippen LogP contribution in [-0.4, -0.2) is 19.5 Å². The molecule has 0 unspecified atom stereocenters. The summed E-state index contributed by atoms with van der Waals surface area (Å²) >= 11 is 0. The van der Waals surface area contributed by atoms with Gasteiger partial charge in [-0.1, -0.05) is 188 Å². The summed E-state index contributed by atoms with van der Waals surface area (Å²) in [5.74, 6) is 0.666. The molecule has 0 amide bonds. The maximum atomic E-state index is 6.62. The third kappa shape index (κ3) is 6.51. The van der Waals surface area contributed by atoms with Crippen molar-refractivity contribution < 1.29 is 4.42 Å². The lowest BCUT2D eigenvalue weighted by atomic mass is 9.89. The molecule has 70 heavy (non-hydrogen) atoms. The first-order chi connectivity index (χ1) is 34.7. The quantitative estimate of drug-likeness (QED) is 0.150. The van der Waals surface area contributed by atoms with Crippen molar-refractivity contribution >= 4 is 65.4 Å². The summed E-state index contributed by atoms with van der Waals surface area (Å²) in [4.78, 5) is 15.8. The van der Waals surface area contributed by atoms with E-state index in [1.165, 1.54) is 27.2 Å². The Labute approximate surface area is 403 Å². The van der Waals surface area contributed by atoms with Crippen LogP contribution < -0.4 is 0 Å². The number of para-hydroxylation sites is 4. The van der Waals surface area contributed by atoms with Gasteiger partial charge in [0, 0.05) is 71.2 Å². The fourth-order valence-corrected chi connectivity index (χ4v) is 10.6. The molecule has 14 rings (SSSR count). The second kappa shape index (κ2) is 16.1. The minimum Gasteiger partial charge on any atom is -0.456 e. The van der Waals surface area contributed by atoms with Crippen molar-refractivity contribution in [3.05, 3.63) is 243 Å². The highest BCUT2D eigenvalue weighted by Gasteiger charge is 2.22. The Hall–Kier alpha value is -9.45. The molecule has 0 fully saturated rings. The van der Waals surface area contributed by atoms with Crippen LogP contribution in [-0.2, 0) is 0 Å². The summed E-state index contributed by atoms with van der Waals surface area (Å²) in [6.07, 6.45) is 0. The van der Waals surface area contributed by atoms with E-state index in [9.17, 15) is 0 Å². The maximum absolute atomic E-state index is 6.62. The zero-order valence-corrected chi connectivity index (χ0v) is 37.8. The van der Waals surface area contributed by atoms with Crippen molar-refractivity contribution in [3.63, 3.8) is 0 Å². The Balaban J connectivity index is 0.861. The van der Waals surface area contributed by atoms with Crippen molar-refractivity contribution in [2.75, 3.05) is 0 Å². The van der Waals surface area contributed by atoms with E-state index in [2.05, 4.69) is 235 Å². The predicted octanol–water partition coefficient (Wildman–Crippen LogP) is 17.2. The van der Waals surface area contributed by atoms with Gasteiger partial charge < -0.3 is 8.98 Å². The molecule has 0 bridgehead atoms. The van der Waals surface area contributed by atoms with E-state index in [1.54, 1.807) is 0 Å². The number of benzene rings is 10. The first-order valence-corrected chi connectivity index (χ1v) is 23.7. The molecule has 10 aromatic carbocycles. The number of hydrogen-bond donors (Lipinski definition) is 0. The minimum atomic E-state index is 0.666. The lowest BCUT2D eigenvalue weighted by Crippen LogP contribution is -1.97. The fourth-order valence-electron chi connectivity index (χ4n) is 10.6. The van der Waals surface area contributed by atoms with Gasteiger partial charge in [0.25, 0.3) is 0 Å². The second-order valence-corrected chi connectivity index (χ2v) is 17.9. The number of nitrogens with zero attached hydrogens (tertiary/aromatic N) is 4. The van der Waals surface area contributed by atoms with Crippen LogP contribution in [0.15, 0.2) is 247 Å². The molecule has 14 aromatic rings. The van der Waals surface area contributed by atoms with E-state index in [4.69, 9.17) is 19.4 Å². The van der Waals surface area contributed by atoms with E-state index >= 15 is 0 Å². The molecule has 5 heteroatoms. The largest absolute Gasteiger partial charge is 0.456 e. The average Bonchev–Trinajstić information content (AvgIpc) is 3.98. The van der Waals surface area contributed by atoms with Crippen molar-refractivity contribution in [1.82, 2.24) is 19.5 Å². The van der Waals surface area contributed by atoms with E-state index in [-0.39, 0.29) is 0 Å². The lowest BCUT2D eigenvalue weighted by Gasteiger charge is -2.16. The number of fused-ring (bicyclic) bond motifs is 9. The Morgan fingerprint density at radius 1 is 0.314 bits per heavy atom. The van der Waals surface area contributed by atoms with Crippen LogP contribution in [0.25, 0.3) is 139 Å². The Morgan fingerprint density at radius 2 is 0.857 bits per heavy atom. The molecule has 0 saturated carbocycles. The summed E-state index contributed by atoms with van der Waals surface area (Å²) < 4.78 is 8.96. The normalized spacial score (nSPS) is 11.7. The van der Waals surface area contributed by atoms with Crippen molar-refractivity contribution in [2.45, 2.75) is 0 Å². The maximum Gasteiger partial charge on any atom is 0.160 e. The molecule has 0 N–H and O–H groups in total. The molecule has 0 atom stereocenters. The highest BCUT2D eigenvalue weighted by atomic mass is 16.3. The molecular formula is C65H40N4O. The number of pyridine rings is 1. The van der Waals surface area contributed by atoms with Gasteiger partial charge in [-0.3, -0.25) is 0 Å². The molecule has 5 nitrogen and oxygen atoms in total. The summed E-state index contributed by atoms with van der Waals surface area (Å²) in [5.41, 5.74) is 17.2. The highest BCUT2D eigenvalue weighted by Crippen LogP contribution is 2.46. The number of rotatable bonds is 7. The zero-order valence-electron chi connectivity index (χ0n) is 37.8. The lowest BCUT2D eigenvalue weighted by molar-refractivity contribution is 0.669. The van der Waals surface area contributed by atoms with Gasteiger partial charge in [0.15, 0.2) is 5.82 Å². The smallest absolute Gasteiger partial charge is 0.160 e. The van der Waals surface area contributed by atoms with E-state index < -0.39 is 0 Å². The van der Waals surface area contributed by atoms with E-state index in [1.807, 2.05) is 12.1 Å². The van der Waals surface area contributed by atoms with E-state index in [0.29, 0.717) is 5.82 Å². The zero-order chi connectivity index (χ0) is 46.1. The van der Waals surface area contributed by atoms with Crippen LogP contribution in [0.5, 0.6) is 0 Å². The molecule has 4 aromatic heterocycles. The van der Waals surface area contributed by atoms with Crippen molar-refractivity contribution in [1.29, 1.82) is 0 Å². The highest BCUT2D eigenvalue weighted by molar-refractivity contribution is 6.27. The molecule has 0 aliphatic carbocycles. The van der Waals surface area contributed by atoms with Gasteiger partial charge in [-0.05, 0) is 71.3 Å². The van der Waals surface area contributed by atoms with Gasteiger partial charge in [0.05, 0.1) is 33.6 Å². The van der Waals surface area contributed by atoms with Crippen molar-refractivity contribution in [3.8, 4) is 73.1 Å². The number of hydrogen-bond acceptors (Lipinski definition) is 4. The first kappa shape index (κ1) is 39.7. The summed E-state index contributed by atoms with van der Waals surface area (Å²) in [6, 6.07) is 85.4. The predicted molar refractivity (Wildman–Crippen MR) is 289 cm³/mol. The summed E-state index contributed by atoms with van der Waals surface area (Å²) in [6.45, 7) is 0.